The molecule has 0 saturated carbocycles. The third-order valence-corrected chi connectivity index (χ3v) is 5.20. The first kappa shape index (κ1) is 20.1. The van der Waals surface area contributed by atoms with E-state index in [9.17, 15) is 9.18 Å². The van der Waals surface area contributed by atoms with Crippen LogP contribution in [0.1, 0.15) is 0 Å². The van der Waals surface area contributed by atoms with Crippen LogP contribution in [0.4, 0.5) is 10.2 Å². The van der Waals surface area contributed by atoms with E-state index in [1.165, 1.54) is 6.07 Å². The molecule has 152 valence electrons. The van der Waals surface area contributed by atoms with Gasteiger partial charge >= 0.3 is 0 Å². The lowest BCUT2D eigenvalue weighted by molar-refractivity contribution is -0.113. The second-order valence-corrected chi connectivity index (χ2v) is 7.60. The molecule has 1 amide bonds. The minimum atomic E-state index is -0.455. The Balaban J connectivity index is 1.38. The molecular formula is C20H15ClFN5O2S. The Morgan fingerprint density at radius 1 is 1.20 bits per heavy atom. The lowest BCUT2D eigenvalue weighted by Gasteiger charge is -2.03. The van der Waals surface area contributed by atoms with Gasteiger partial charge in [0.25, 0.3) is 11.1 Å². The summed E-state index contributed by atoms with van der Waals surface area (Å²) < 4.78 is 20.8. The van der Waals surface area contributed by atoms with Gasteiger partial charge in [0.2, 0.25) is 5.91 Å². The summed E-state index contributed by atoms with van der Waals surface area (Å²) in [5.41, 5.74) is 1.81. The number of carbonyl (C=O) groups is 1. The lowest BCUT2D eigenvalue weighted by Crippen LogP contribution is -2.16. The maximum absolute atomic E-state index is 13.8. The molecule has 30 heavy (non-hydrogen) atoms. The molecule has 0 aliphatic carbocycles. The van der Waals surface area contributed by atoms with E-state index < -0.39 is 5.82 Å². The molecule has 2 aromatic heterocycles. The molecule has 7 nitrogen and oxygen atoms in total. The minimum absolute atomic E-state index is 0.0420. The Morgan fingerprint density at radius 3 is 2.73 bits per heavy atom. The number of thioether (sulfide) groups is 1. The molecule has 0 aliphatic heterocycles. The summed E-state index contributed by atoms with van der Waals surface area (Å²) in [6.07, 6.45) is 0. The van der Waals surface area contributed by atoms with Crippen molar-refractivity contribution in [2.45, 2.75) is 5.22 Å². The maximum Gasteiger partial charge on any atom is 0.277 e. The van der Waals surface area contributed by atoms with Gasteiger partial charge in [0, 0.05) is 23.7 Å². The summed E-state index contributed by atoms with van der Waals surface area (Å²) in [4.78, 5) is 12.3. The average Bonchev–Trinajstić information content (AvgIpc) is 3.34. The predicted octanol–water partition coefficient (Wildman–Crippen LogP) is 4.66. The number of benzene rings is 2. The molecule has 0 bridgehead atoms. The molecular weight excluding hydrogens is 429 g/mol. The molecule has 0 aliphatic rings. The Morgan fingerprint density at radius 2 is 1.97 bits per heavy atom. The van der Waals surface area contributed by atoms with Crippen LogP contribution >= 0.6 is 23.4 Å². The number of aryl methyl sites for hydroxylation is 1. The van der Waals surface area contributed by atoms with Gasteiger partial charge in [-0.2, -0.15) is 5.10 Å². The summed E-state index contributed by atoms with van der Waals surface area (Å²) in [7, 11) is 1.74. The van der Waals surface area contributed by atoms with Gasteiger partial charge < -0.3 is 9.73 Å². The number of amides is 1. The van der Waals surface area contributed by atoms with Crippen LogP contribution in [0, 0.1) is 5.82 Å². The zero-order valence-electron chi connectivity index (χ0n) is 15.7. The van der Waals surface area contributed by atoms with E-state index in [0.717, 1.165) is 17.3 Å². The van der Waals surface area contributed by atoms with E-state index >= 15 is 0 Å². The van der Waals surface area contributed by atoms with Crippen molar-refractivity contribution in [2.75, 3.05) is 11.1 Å². The lowest BCUT2D eigenvalue weighted by atomic mass is 10.1. The number of halogens is 2. The SMILES string of the molecule is Cn1nc(-c2ccc(Cl)cc2)cc1NC(=O)CSc1nnc(-c2ccccc2F)o1. The standard InChI is InChI=1S/C20H15ClFN5O2S/c1-27-17(10-16(26-27)12-6-8-13(21)9-7-12)23-18(28)11-30-20-25-24-19(29-20)14-4-2-3-5-15(14)22/h2-10H,11H2,1H3,(H,23,28). The van der Waals surface area contributed by atoms with E-state index in [1.807, 2.05) is 12.1 Å². The van der Waals surface area contributed by atoms with Crippen molar-refractivity contribution < 1.29 is 13.6 Å². The van der Waals surface area contributed by atoms with Gasteiger partial charge in [-0.1, -0.05) is 47.6 Å². The van der Waals surface area contributed by atoms with Gasteiger partial charge in [0.05, 0.1) is 17.0 Å². The van der Waals surface area contributed by atoms with Crippen molar-refractivity contribution in [1.82, 2.24) is 20.0 Å². The quantitative estimate of drug-likeness (QED) is 0.436. The first-order valence-corrected chi connectivity index (χ1v) is 10.2. The summed E-state index contributed by atoms with van der Waals surface area (Å²) in [5.74, 6) is -0.0711. The van der Waals surface area contributed by atoms with Crippen LogP contribution in [-0.2, 0) is 11.8 Å². The van der Waals surface area contributed by atoms with E-state index in [2.05, 4.69) is 20.6 Å². The number of aromatic nitrogens is 4. The third-order valence-electron chi connectivity index (χ3n) is 4.12. The molecule has 4 rings (SSSR count). The summed E-state index contributed by atoms with van der Waals surface area (Å²) >= 11 is 6.97. The monoisotopic (exact) mass is 443 g/mol. The maximum atomic E-state index is 13.8. The molecule has 0 unspecified atom stereocenters. The fraction of sp³-hybridized carbons (Fsp3) is 0.100. The highest BCUT2D eigenvalue weighted by molar-refractivity contribution is 7.99. The molecule has 0 spiro atoms. The fourth-order valence-corrected chi connectivity index (χ4v) is 3.35. The molecule has 4 aromatic rings. The van der Waals surface area contributed by atoms with Gasteiger partial charge in [-0.25, -0.2) is 4.39 Å². The smallest absolute Gasteiger partial charge is 0.277 e. The minimum Gasteiger partial charge on any atom is -0.411 e. The van der Waals surface area contributed by atoms with Gasteiger partial charge in [0.1, 0.15) is 11.6 Å². The number of rotatable bonds is 6. The molecule has 0 fully saturated rings. The van der Waals surface area contributed by atoms with E-state index in [-0.39, 0.29) is 28.3 Å². The largest absolute Gasteiger partial charge is 0.411 e. The summed E-state index contributed by atoms with van der Waals surface area (Å²) in [6.45, 7) is 0. The number of carbonyl (C=O) groups excluding carboxylic acids is 1. The molecule has 0 saturated heterocycles. The van der Waals surface area contributed by atoms with Gasteiger partial charge in [-0.05, 0) is 24.3 Å². The highest BCUT2D eigenvalue weighted by atomic mass is 35.5. The molecule has 0 atom stereocenters. The van der Waals surface area contributed by atoms with E-state index in [0.29, 0.717) is 16.5 Å². The Bertz CT molecular complexity index is 1190. The summed E-state index contributed by atoms with van der Waals surface area (Å²) in [5, 5.41) is 15.7. The second kappa shape index (κ2) is 8.68. The third kappa shape index (κ3) is 4.52. The van der Waals surface area contributed by atoms with Crippen LogP contribution in [0.3, 0.4) is 0 Å². The molecule has 1 N–H and O–H groups in total. The van der Waals surface area contributed by atoms with Crippen molar-refractivity contribution in [1.29, 1.82) is 0 Å². The predicted molar refractivity (Wildman–Crippen MR) is 113 cm³/mol. The van der Waals surface area contributed by atoms with Crippen molar-refractivity contribution in [2.24, 2.45) is 7.05 Å². The van der Waals surface area contributed by atoms with Crippen LogP contribution in [0.2, 0.25) is 5.02 Å². The van der Waals surface area contributed by atoms with Gasteiger partial charge in [-0.3, -0.25) is 9.48 Å². The number of nitrogens with one attached hydrogen (secondary N) is 1. The first-order chi connectivity index (χ1) is 14.5. The number of nitrogens with zero attached hydrogens (tertiary/aromatic N) is 4. The van der Waals surface area contributed by atoms with Crippen LogP contribution in [0.5, 0.6) is 0 Å². The second-order valence-electron chi connectivity index (χ2n) is 6.24. The van der Waals surface area contributed by atoms with Gasteiger partial charge in [0.15, 0.2) is 0 Å². The Kier molecular flexibility index (Phi) is 5.82. The number of hydrogen-bond donors (Lipinski definition) is 1. The molecule has 2 heterocycles. The van der Waals surface area contributed by atoms with Crippen LogP contribution in [-0.4, -0.2) is 31.6 Å². The topological polar surface area (TPSA) is 85.8 Å². The number of hydrogen-bond acceptors (Lipinski definition) is 6. The zero-order valence-corrected chi connectivity index (χ0v) is 17.2. The first-order valence-electron chi connectivity index (χ1n) is 8.80. The van der Waals surface area contributed by atoms with Crippen molar-refractivity contribution in [3.8, 4) is 22.7 Å². The van der Waals surface area contributed by atoms with Gasteiger partial charge in [-0.15, -0.1) is 10.2 Å². The molecule has 2 aromatic carbocycles. The zero-order chi connectivity index (χ0) is 21.1. The van der Waals surface area contributed by atoms with E-state index in [4.69, 9.17) is 16.0 Å². The van der Waals surface area contributed by atoms with Crippen LogP contribution < -0.4 is 5.32 Å². The van der Waals surface area contributed by atoms with E-state index in [1.54, 1.807) is 48.1 Å². The summed E-state index contributed by atoms with van der Waals surface area (Å²) in [6, 6.07) is 15.1. The highest BCUT2D eigenvalue weighted by Crippen LogP contribution is 2.26. The molecule has 0 radical (unpaired) electrons. The molecule has 10 heteroatoms. The normalized spacial score (nSPS) is 10.9. The van der Waals surface area contributed by atoms with Crippen molar-refractivity contribution in [3.05, 3.63) is 65.4 Å². The van der Waals surface area contributed by atoms with Crippen LogP contribution in [0.15, 0.2) is 64.2 Å². The average molecular weight is 444 g/mol. The van der Waals surface area contributed by atoms with Crippen LogP contribution in [0.25, 0.3) is 22.7 Å². The van der Waals surface area contributed by atoms with Crippen molar-refractivity contribution in [3.63, 3.8) is 0 Å². The Hall–Kier alpha value is -3.17. The number of anilines is 1. The Labute approximate surface area is 180 Å². The fourth-order valence-electron chi connectivity index (χ4n) is 2.66. The van der Waals surface area contributed by atoms with Crippen molar-refractivity contribution >= 4 is 35.1 Å². The highest BCUT2D eigenvalue weighted by Gasteiger charge is 2.15.